The van der Waals surface area contributed by atoms with Gasteiger partial charge in [-0.05, 0) is 49.5 Å². The van der Waals surface area contributed by atoms with Crippen LogP contribution in [0.15, 0.2) is 65.6 Å². The van der Waals surface area contributed by atoms with E-state index in [0.29, 0.717) is 27.8 Å². The van der Waals surface area contributed by atoms with Gasteiger partial charge >= 0.3 is 0 Å². The molecule has 0 bridgehead atoms. The maximum Gasteiger partial charge on any atom is 0.266 e. The van der Waals surface area contributed by atoms with Crippen molar-refractivity contribution in [3.05, 3.63) is 76.7 Å². The first-order valence-electron chi connectivity index (χ1n) is 11.4. The number of aromatic nitrogens is 3. The first-order valence-corrected chi connectivity index (χ1v) is 11.4. The minimum Gasteiger partial charge on any atom is -0.369 e. The Morgan fingerprint density at radius 2 is 1.56 bits per heavy atom. The number of carbonyl (C=O) groups excluding carboxylic acids is 1. The van der Waals surface area contributed by atoms with Crippen LogP contribution in [0.5, 0.6) is 0 Å². The number of hydrogen-bond donors (Lipinski definition) is 1. The largest absolute Gasteiger partial charge is 0.369 e. The Bertz CT molecular complexity index is 1380. The third kappa shape index (κ3) is 3.97. The van der Waals surface area contributed by atoms with Crippen molar-refractivity contribution in [3.8, 4) is 16.9 Å². The summed E-state index contributed by atoms with van der Waals surface area (Å²) in [6, 6.07) is 17.2. The summed E-state index contributed by atoms with van der Waals surface area (Å²) in [5.74, 6) is -0.0773. The molecule has 1 fully saturated rings. The van der Waals surface area contributed by atoms with Gasteiger partial charge in [0.2, 0.25) is 0 Å². The quantitative estimate of drug-likeness (QED) is 0.511. The summed E-state index contributed by atoms with van der Waals surface area (Å²) in [4.78, 5) is 31.9. The van der Waals surface area contributed by atoms with E-state index in [9.17, 15) is 9.59 Å². The zero-order valence-corrected chi connectivity index (χ0v) is 19.7. The summed E-state index contributed by atoms with van der Waals surface area (Å²) in [6.07, 6.45) is 1.73. The van der Waals surface area contributed by atoms with Crippen molar-refractivity contribution in [2.45, 2.75) is 0 Å². The number of H-pyrrole nitrogens is 1. The van der Waals surface area contributed by atoms with E-state index in [1.807, 2.05) is 18.2 Å². The van der Waals surface area contributed by atoms with Crippen LogP contribution in [-0.2, 0) is 0 Å². The van der Waals surface area contributed by atoms with Crippen molar-refractivity contribution < 1.29 is 4.79 Å². The minimum atomic E-state index is -0.156. The SMILES string of the molecule is CN1CCN(c2ccc(-c3n[nH]c4ccn(-c5ccc(C(=O)N(C)C)cc5)c(=O)c34)cc2)CC1. The average Bonchev–Trinajstić information content (AvgIpc) is 3.30. The third-order valence-electron chi connectivity index (χ3n) is 6.43. The molecule has 1 N–H and O–H groups in total. The zero-order chi connectivity index (χ0) is 23.8. The number of rotatable bonds is 4. The topological polar surface area (TPSA) is 77.5 Å². The van der Waals surface area contributed by atoms with Gasteiger partial charge in [-0.3, -0.25) is 19.3 Å². The molecule has 2 aromatic heterocycles. The van der Waals surface area contributed by atoms with Crippen LogP contribution in [0.1, 0.15) is 10.4 Å². The van der Waals surface area contributed by atoms with Crippen LogP contribution >= 0.6 is 0 Å². The highest BCUT2D eigenvalue weighted by Crippen LogP contribution is 2.27. The van der Waals surface area contributed by atoms with Gasteiger partial charge in [0.1, 0.15) is 5.69 Å². The van der Waals surface area contributed by atoms with Crippen molar-refractivity contribution in [3.63, 3.8) is 0 Å². The average molecular weight is 457 g/mol. The summed E-state index contributed by atoms with van der Waals surface area (Å²) in [5, 5.41) is 8.00. The molecule has 8 nitrogen and oxygen atoms in total. The van der Waals surface area contributed by atoms with Gasteiger partial charge in [-0.2, -0.15) is 5.10 Å². The number of amides is 1. The van der Waals surface area contributed by atoms with Crippen molar-refractivity contribution in [2.24, 2.45) is 0 Å². The second kappa shape index (κ2) is 8.79. The number of likely N-dealkylation sites (N-methyl/N-ethyl adjacent to an activating group) is 1. The molecule has 1 saturated heterocycles. The highest BCUT2D eigenvalue weighted by atomic mass is 16.2. The molecule has 0 atom stereocenters. The van der Waals surface area contributed by atoms with Crippen LogP contribution in [0.2, 0.25) is 0 Å². The van der Waals surface area contributed by atoms with E-state index in [2.05, 4.69) is 39.2 Å². The molecule has 0 spiro atoms. The maximum absolute atomic E-state index is 13.5. The van der Waals surface area contributed by atoms with E-state index in [4.69, 9.17) is 0 Å². The number of carbonyl (C=O) groups is 1. The number of benzene rings is 2. The van der Waals surface area contributed by atoms with Crippen LogP contribution in [0.25, 0.3) is 27.8 Å². The summed E-state index contributed by atoms with van der Waals surface area (Å²) in [6.45, 7) is 4.11. The van der Waals surface area contributed by atoms with Gasteiger partial charge in [0.05, 0.1) is 10.9 Å². The van der Waals surface area contributed by atoms with Crippen LogP contribution in [0.4, 0.5) is 5.69 Å². The van der Waals surface area contributed by atoms with Crippen molar-refractivity contribution in [2.75, 3.05) is 52.2 Å². The summed E-state index contributed by atoms with van der Waals surface area (Å²) >= 11 is 0. The number of fused-ring (bicyclic) bond motifs is 1. The van der Waals surface area contributed by atoms with E-state index in [-0.39, 0.29) is 11.5 Å². The Labute approximate surface area is 198 Å². The maximum atomic E-state index is 13.5. The van der Waals surface area contributed by atoms with Gasteiger partial charge in [-0.25, -0.2) is 0 Å². The monoisotopic (exact) mass is 456 g/mol. The van der Waals surface area contributed by atoms with Gasteiger partial charge < -0.3 is 14.7 Å². The fourth-order valence-electron chi connectivity index (χ4n) is 4.36. The number of piperazine rings is 1. The lowest BCUT2D eigenvalue weighted by Crippen LogP contribution is -2.44. The van der Waals surface area contributed by atoms with Crippen LogP contribution in [0, 0.1) is 0 Å². The predicted octanol–water partition coefficient (Wildman–Crippen LogP) is 2.83. The first-order chi connectivity index (χ1) is 16.4. The van der Waals surface area contributed by atoms with Gasteiger partial charge in [-0.15, -0.1) is 0 Å². The molecular weight excluding hydrogens is 428 g/mol. The van der Waals surface area contributed by atoms with E-state index < -0.39 is 0 Å². The third-order valence-corrected chi connectivity index (χ3v) is 6.43. The summed E-state index contributed by atoms with van der Waals surface area (Å²) in [5.41, 5.74) is 4.52. The van der Waals surface area contributed by atoms with Gasteiger partial charge in [0, 0.05) is 69.0 Å². The molecule has 1 amide bonds. The molecule has 0 radical (unpaired) electrons. The number of pyridine rings is 1. The molecule has 0 aliphatic carbocycles. The Morgan fingerprint density at radius 1 is 0.912 bits per heavy atom. The number of nitrogens with one attached hydrogen (secondary N) is 1. The van der Waals surface area contributed by atoms with Gasteiger partial charge in [-0.1, -0.05) is 12.1 Å². The van der Waals surface area contributed by atoms with Crippen molar-refractivity contribution >= 4 is 22.5 Å². The second-order valence-corrected chi connectivity index (χ2v) is 8.94. The molecule has 2 aromatic carbocycles. The number of nitrogens with zero attached hydrogens (tertiary/aromatic N) is 5. The Balaban J connectivity index is 1.48. The minimum absolute atomic E-state index is 0.0773. The van der Waals surface area contributed by atoms with Gasteiger partial charge in [0.25, 0.3) is 11.5 Å². The lowest BCUT2D eigenvalue weighted by Gasteiger charge is -2.34. The van der Waals surface area contributed by atoms with Crippen LogP contribution in [-0.4, -0.2) is 77.8 Å². The molecule has 0 unspecified atom stereocenters. The lowest BCUT2D eigenvalue weighted by atomic mass is 10.1. The first kappa shape index (κ1) is 21.9. The molecule has 174 valence electrons. The van der Waals surface area contributed by atoms with E-state index in [1.165, 1.54) is 10.6 Å². The molecule has 34 heavy (non-hydrogen) atoms. The van der Waals surface area contributed by atoms with Gasteiger partial charge in [0.15, 0.2) is 0 Å². The summed E-state index contributed by atoms with van der Waals surface area (Å²) in [7, 11) is 5.58. The normalized spacial score (nSPS) is 14.5. The van der Waals surface area contributed by atoms with Crippen molar-refractivity contribution in [1.29, 1.82) is 0 Å². The molecule has 3 heterocycles. The molecule has 8 heteroatoms. The smallest absolute Gasteiger partial charge is 0.266 e. The fraction of sp³-hybridized carbons (Fsp3) is 0.269. The predicted molar refractivity (Wildman–Crippen MR) is 135 cm³/mol. The van der Waals surface area contributed by atoms with Crippen molar-refractivity contribution in [1.82, 2.24) is 24.6 Å². The lowest BCUT2D eigenvalue weighted by molar-refractivity contribution is 0.0827. The number of hydrogen-bond acceptors (Lipinski definition) is 5. The number of aromatic amines is 1. The fourth-order valence-corrected chi connectivity index (χ4v) is 4.36. The zero-order valence-electron chi connectivity index (χ0n) is 19.7. The number of anilines is 1. The molecule has 5 rings (SSSR count). The standard InChI is InChI=1S/C26H28N6O2/c1-29(2)25(33)19-6-10-21(11-7-19)32-13-12-22-23(26(32)34)24(28-27-22)18-4-8-20(9-5-18)31-16-14-30(3)15-17-31/h4-13H,14-17H2,1-3H3,(H,27,28). The molecule has 4 aromatic rings. The highest BCUT2D eigenvalue weighted by Gasteiger charge is 2.17. The Morgan fingerprint density at radius 3 is 2.21 bits per heavy atom. The molecular formula is C26H28N6O2. The molecule has 1 aliphatic heterocycles. The van der Waals surface area contributed by atoms with E-state index >= 15 is 0 Å². The van der Waals surface area contributed by atoms with E-state index in [0.717, 1.165) is 31.7 Å². The Hall–Kier alpha value is -3.91. The highest BCUT2D eigenvalue weighted by molar-refractivity contribution is 5.94. The second-order valence-electron chi connectivity index (χ2n) is 8.94. The van der Waals surface area contributed by atoms with Crippen LogP contribution < -0.4 is 10.5 Å². The Kier molecular flexibility index (Phi) is 5.67. The molecule has 1 aliphatic rings. The van der Waals surface area contributed by atoms with Crippen LogP contribution in [0.3, 0.4) is 0 Å². The molecule has 0 saturated carbocycles. The van der Waals surface area contributed by atoms with E-state index in [1.54, 1.807) is 49.1 Å². The summed E-state index contributed by atoms with van der Waals surface area (Å²) < 4.78 is 1.59.